The molecule has 222 valence electrons. The first kappa shape index (κ1) is 29.0. The lowest BCUT2D eigenvalue weighted by Gasteiger charge is -2.66. The molecule has 2 saturated heterocycles. The van der Waals surface area contributed by atoms with Crippen LogP contribution in [0.4, 0.5) is 0 Å². The molecular formula is C31H36N2O7SSi. The molecule has 3 unspecified atom stereocenters. The van der Waals surface area contributed by atoms with Crippen LogP contribution in [0, 0.1) is 5.92 Å². The topological polar surface area (TPSA) is 103 Å². The van der Waals surface area contributed by atoms with Crippen LogP contribution in [-0.4, -0.2) is 73.6 Å². The number of benzene rings is 2. The van der Waals surface area contributed by atoms with Crippen LogP contribution in [0.5, 0.6) is 5.75 Å². The van der Waals surface area contributed by atoms with Crippen LogP contribution < -0.4 is 10.1 Å². The van der Waals surface area contributed by atoms with E-state index in [1.165, 1.54) is 4.90 Å². The second kappa shape index (κ2) is 11.2. The number of esters is 1. The van der Waals surface area contributed by atoms with Gasteiger partial charge in [-0.1, -0.05) is 42.5 Å². The zero-order valence-electron chi connectivity index (χ0n) is 24.3. The summed E-state index contributed by atoms with van der Waals surface area (Å²) in [6.07, 6.45) is 0.883. The molecule has 1 saturated carbocycles. The van der Waals surface area contributed by atoms with Crippen molar-refractivity contribution in [1.29, 1.82) is 0 Å². The Hall–Kier alpha value is -3.12. The molecule has 2 amide bonds. The Bertz CT molecular complexity index is 1410. The molecule has 3 fully saturated rings. The maximum atomic E-state index is 13.8. The molecule has 2 aromatic carbocycles. The summed E-state index contributed by atoms with van der Waals surface area (Å²) in [6, 6.07) is 16.0. The fourth-order valence-corrected chi connectivity index (χ4v) is 9.92. The number of ether oxygens (including phenoxy) is 3. The zero-order valence-corrected chi connectivity index (χ0v) is 26.1. The standard InChI is InChI=1S/C31H36N2O7SSi/c1-37-21-12-10-20(11-13-21)17-39-30(36)26-24-22-18-38-15-14-31(22,40-42(2,3)4)27(24)41-29-25(28(35)33(26)29)32-23(34)16-19-8-6-5-7-9-19/h5-13,22,25,27,29H,14-18H2,1-4H3,(H,32,34)/t22?,25-,27?,29-,31?/m1/s1. The van der Waals surface area contributed by atoms with Gasteiger partial charge in [0.05, 0.1) is 31.0 Å². The van der Waals surface area contributed by atoms with E-state index in [9.17, 15) is 14.4 Å². The van der Waals surface area contributed by atoms with E-state index in [0.717, 1.165) is 16.7 Å². The van der Waals surface area contributed by atoms with Crippen LogP contribution in [0.25, 0.3) is 0 Å². The van der Waals surface area contributed by atoms with Crippen molar-refractivity contribution in [3.05, 3.63) is 77.0 Å². The van der Waals surface area contributed by atoms with E-state index in [2.05, 4.69) is 25.0 Å². The van der Waals surface area contributed by atoms with Gasteiger partial charge >= 0.3 is 5.97 Å². The lowest BCUT2D eigenvalue weighted by atomic mass is 9.61. The molecule has 1 aliphatic carbocycles. The van der Waals surface area contributed by atoms with Gasteiger partial charge in [0.1, 0.15) is 29.5 Å². The second-order valence-electron chi connectivity index (χ2n) is 12.1. The Morgan fingerprint density at radius 1 is 1.10 bits per heavy atom. The van der Waals surface area contributed by atoms with Gasteiger partial charge in [0.25, 0.3) is 5.91 Å². The van der Waals surface area contributed by atoms with Gasteiger partial charge in [-0.3, -0.25) is 14.5 Å². The summed E-state index contributed by atoms with van der Waals surface area (Å²) < 4.78 is 23.8. The smallest absolute Gasteiger partial charge is 0.355 e. The third-order valence-corrected chi connectivity index (χ3v) is 10.9. The van der Waals surface area contributed by atoms with Crippen LogP contribution in [0.15, 0.2) is 65.9 Å². The highest BCUT2D eigenvalue weighted by Crippen LogP contribution is 2.63. The van der Waals surface area contributed by atoms with Crippen molar-refractivity contribution < 1.29 is 33.0 Å². The third-order valence-electron chi connectivity index (χ3n) is 8.19. The summed E-state index contributed by atoms with van der Waals surface area (Å²) in [6.45, 7) is 7.56. The minimum Gasteiger partial charge on any atom is -0.497 e. The molecule has 9 nitrogen and oxygen atoms in total. The van der Waals surface area contributed by atoms with Crippen LogP contribution in [0.1, 0.15) is 17.5 Å². The molecule has 0 spiro atoms. The number of amides is 2. The quantitative estimate of drug-likeness (QED) is 0.262. The number of nitrogens with zero attached hydrogens (tertiary/aromatic N) is 1. The summed E-state index contributed by atoms with van der Waals surface area (Å²) >= 11 is 1.61. The molecule has 42 heavy (non-hydrogen) atoms. The fourth-order valence-electron chi connectivity index (χ4n) is 6.40. The maximum absolute atomic E-state index is 13.8. The predicted molar refractivity (Wildman–Crippen MR) is 160 cm³/mol. The molecule has 1 N–H and O–H groups in total. The first-order valence-electron chi connectivity index (χ1n) is 14.2. The van der Waals surface area contributed by atoms with Gasteiger partial charge in [-0.05, 0) is 48.5 Å². The van der Waals surface area contributed by atoms with Crippen molar-refractivity contribution in [3.8, 4) is 5.75 Å². The number of rotatable bonds is 9. The Balaban J connectivity index is 1.28. The minimum absolute atomic E-state index is 0.0546. The molecule has 3 heterocycles. The van der Waals surface area contributed by atoms with Crippen LogP contribution in [-0.2, 0) is 41.3 Å². The first-order chi connectivity index (χ1) is 20.1. The number of β-lactam (4-membered cyclic amide) rings is 1. The number of methoxy groups -OCH3 is 1. The Morgan fingerprint density at radius 2 is 1.83 bits per heavy atom. The number of carbonyl (C=O) groups is 3. The lowest BCUT2D eigenvalue weighted by molar-refractivity contribution is -0.157. The number of carbonyl (C=O) groups excluding carboxylic acids is 3. The summed E-state index contributed by atoms with van der Waals surface area (Å²) in [7, 11) is -0.394. The molecule has 4 aliphatic rings. The monoisotopic (exact) mass is 608 g/mol. The average molecular weight is 609 g/mol. The minimum atomic E-state index is -1.99. The van der Waals surface area contributed by atoms with E-state index >= 15 is 0 Å². The molecule has 0 aromatic heterocycles. The van der Waals surface area contributed by atoms with Crippen molar-refractivity contribution in [2.45, 2.75) is 61.4 Å². The van der Waals surface area contributed by atoms with E-state index in [4.69, 9.17) is 18.6 Å². The Labute approximate surface area is 251 Å². The Morgan fingerprint density at radius 3 is 2.52 bits per heavy atom. The highest BCUT2D eigenvalue weighted by Gasteiger charge is 2.70. The molecule has 0 radical (unpaired) electrons. The van der Waals surface area contributed by atoms with Crippen molar-refractivity contribution in [3.63, 3.8) is 0 Å². The van der Waals surface area contributed by atoms with Crippen molar-refractivity contribution in [2.75, 3.05) is 20.3 Å². The number of fused-ring (bicyclic) bond motifs is 5. The largest absolute Gasteiger partial charge is 0.497 e. The summed E-state index contributed by atoms with van der Waals surface area (Å²) in [5.41, 5.74) is 2.33. The molecule has 2 aromatic rings. The normalized spacial score (nSPS) is 28.0. The van der Waals surface area contributed by atoms with Gasteiger partial charge in [-0.2, -0.15) is 0 Å². The maximum Gasteiger partial charge on any atom is 0.355 e. The summed E-state index contributed by atoms with van der Waals surface area (Å²) in [5, 5.41) is 2.38. The molecule has 0 bridgehead atoms. The van der Waals surface area contributed by atoms with Gasteiger partial charge in [0.15, 0.2) is 8.32 Å². The van der Waals surface area contributed by atoms with Gasteiger partial charge in [-0.25, -0.2) is 4.79 Å². The SMILES string of the molecule is COc1ccc(COC(=O)C2=C3C4COCCC4(O[Si](C)(C)C)C3S[C@@H]3[C@H](NC(=O)Cc4ccccc4)C(=O)N23)cc1. The van der Waals surface area contributed by atoms with Crippen LogP contribution >= 0.6 is 11.8 Å². The first-order valence-corrected chi connectivity index (χ1v) is 18.6. The lowest BCUT2D eigenvalue weighted by Crippen LogP contribution is -2.77. The molecule has 6 rings (SSSR count). The van der Waals surface area contributed by atoms with Gasteiger partial charge < -0.3 is 24.0 Å². The van der Waals surface area contributed by atoms with Crippen molar-refractivity contribution in [1.82, 2.24) is 10.2 Å². The van der Waals surface area contributed by atoms with E-state index in [1.54, 1.807) is 18.9 Å². The number of hydrogen-bond acceptors (Lipinski definition) is 8. The van der Waals surface area contributed by atoms with Crippen LogP contribution in [0.3, 0.4) is 0 Å². The Kier molecular flexibility index (Phi) is 7.71. The van der Waals surface area contributed by atoms with Crippen LogP contribution in [0.2, 0.25) is 19.6 Å². The highest BCUT2D eigenvalue weighted by atomic mass is 32.2. The van der Waals surface area contributed by atoms with Gasteiger partial charge in [-0.15, -0.1) is 11.8 Å². The third kappa shape index (κ3) is 5.16. The summed E-state index contributed by atoms with van der Waals surface area (Å²) in [4.78, 5) is 41.8. The predicted octanol–water partition coefficient (Wildman–Crippen LogP) is 3.64. The molecule has 5 atom stereocenters. The zero-order chi connectivity index (χ0) is 29.6. The second-order valence-corrected chi connectivity index (χ2v) is 17.8. The number of nitrogens with one attached hydrogen (secondary N) is 1. The average Bonchev–Trinajstić information content (AvgIpc) is 2.97. The highest BCUT2D eigenvalue weighted by molar-refractivity contribution is 8.01. The summed E-state index contributed by atoms with van der Waals surface area (Å²) in [5.74, 6) is -0.521. The molecule has 3 aliphatic heterocycles. The number of thioether (sulfide) groups is 1. The molecule has 11 heteroatoms. The fraction of sp³-hybridized carbons (Fsp3) is 0.452. The van der Waals surface area contributed by atoms with Gasteiger partial charge in [0, 0.05) is 18.9 Å². The van der Waals surface area contributed by atoms with Crippen molar-refractivity contribution >= 4 is 37.9 Å². The van der Waals surface area contributed by atoms with E-state index in [1.807, 2.05) is 54.6 Å². The van der Waals surface area contributed by atoms with Crippen molar-refractivity contribution in [2.24, 2.45) is 5.92 Å². The molecular weight excluding hydrogens is 573 g/mol. The van der Waals surface area contributed by atoms with Gasteiger partial charge in [0.2, 0.25) is 5.91 Å². The van der Waals surface area contributed by atoms with E-state index in [0.29, 0.717) is 25.4 Å². The van der Waals surface area contributed by atoms with E-state index < -0.39 is 31.3 Å². The number of hydrogen-bond donors (Lipinski definition) is 1. The van der Waals surface area contributed by atoms with E-state index in [-0.39, 0.29) is 41.7 Å².